The highest BCUT2D eigenvalue weighted by Gasteiger charge is 2.60. The van der Waals surface area contributed by atoms with E-state index in [1.807, 2.05) is 0 Å². The average Bonchev–Trinajstić information content (AvgIpc) is 2.71. The third kappa shape index (κ3) is 4.16. The average molecular weight is 432 g/mol. The SMILES string of the molecule is Cc1ccc(C23CC4CC(CC(C(=O)NCCCN5CCNCC5)(C4)C2)C3)cc1.Cl. The summed E-state index contributed by atoms with van der Waals surface area (Å²) in [6.45, 7) is 8.57. The molecule has 2 N–H and O–H groups in total. The van der Waals surface area contributed by atoms with E-state index in [-0.39, 0.29) is 23.2 Å². The highest BCUT2D eigenvalue weighted by Crippen LogP contribution is 2.65. The number of nitrogens with zero attached hydrogens (tertiary/aromatic N) is 1. The molecule has 166 valence electrons. The summed E-state index contributed by atoms with van der Waals surface area (Å²) in [6.07, 6.45) is 8.33. The van der Waals surface area contributed by atoms with E-state index in [0.717, 1.165) is 76.8 Å². The molecule has 1 amide bonds. The van der Waals surface area contributed by atoms with Gasteiger partial charge in [0.2, 0.25) is 5.91 Å². The standard InChI is InChI=1S/C25H37N3O.ClH/c1-19-3-5-22(6-4-19)24-14-20-13-21(15-24)17-25(16-20,18-24)23(29)27-7-2-10-28-11-8-26-9-12-28;/h3-6,20-21,26H,2,7-18H2,1H3,(H,27,29);1H. The van der Waals surface area contributed by atoms with Crippen molar-refractivity contribution in [3.05, 3.63) is 35.4 Å². The predicted molar refractivity (Wildman–Crippen MR) is 124 cm³/mol. The lowest BCUT2D eigenvalue weighted by atomic mass is 9.42. The van der Waals surface area contributed by atoms with Crippen LogP contribution in [0, 0.1) is 24.2 Å². The molecule has 1 aromatic rings. The van der Waals surface area contributed by atoms with Crippen LogP contribution in [-0.4, -0.2) is 50.1 Å². The molecule has 4 saturated carbocycles. The summed E-state index contributed by atoms with van der Waals surface area (Å²) in [4.78, 5) is 16.0. The van der Waals surface area contributed by atoms with Gasteiger partial charge < -0.3 is 15.5 Å². The summed E-state index contributed by atoms with van der Waals surface area (Å²) in [5, 5.41) is 6.78. The summed E-state index contributed by atoms with van der Waals surface area (Å²) >= 11 is 0. The maximum atomic E-state index is 13.4. The molecule has 1 aliphatic heterocycles. The Balaban J connectivity index is 0.00000218. The molecule has 1 saturated heterocycles. The van der Waals surface area contributed by atoms with Crippen LogP contribution in [-0.2, 0) is 10.2 Å². The molecule has 5 aliphatic rings. The maximum absolute atomic E-state index is 13.4. The highest BCUT2D eigenvalue weighted by molar-refractivity contribution is 5.85. The highest BCUT2D eigenvalue weighted by atomic mass is 35.5. The van der Waals surface area contributed by atoms with Gasteiger partial charge in [-0.3, -0.25) is 4.79 Å². The van der Waals surface area contributed by atoms with E-state index in [0.29, 0.717) is 5.91 Å². The zero-order valence-electron chi connectivity index (χ0n) is 18.4. The number of hydrogen-bond acceptors (Lipinski definition) is 3. The van der Waals surface area contributed by atoms with E-state index in [9.17, 15) is 4.79 Å². The van der Waals surface area contributed by atoms with Crippen LogP contribution in [0.3, 0.4) is 0 Å². The number of piperazine rings is 1. The van der Waals surface area contributed by atoms with Crippen molar-refractivity contribution in [1.82, 2.24) is 15.5 Å². The third-order valence-electron chi connectivity index (χ3n) is 8.35. The summed E-state index contributed by atoms with van der Waals surface area (Å²) in [5.41, 5.74) is 2.96. The van der Waals surface area contributed by atoms with Crippen molar-refractivity contribution in [2.75, 3.05) is 39.3 Å². The van der Waals surface area contributed by atoms with Gasteiger partial charge in [0.05, 0.1) is 5.41 Å². The molecule has 2 atom stereocenters. The summed E-state index contributed by atoms with van der Waals surface area (Å²) in [5.74, 6) is 1.84. The van der Waals surface area contributed by atoms with Crippen LogP contribution in [0.1, 0.15) is 56.1 Å². The molecule has 0 radical (unpaired) electrons. The number of amides is 1. The second kappa shape index (κ2) is 8.80. The quantitative estimate of drug-likeness (QED) is 0.675. The molecular formula is C25H38ClN3O. The Hall–Kier alpha value is -1.10. The minimum Gasteiger partial charge on any atom is -0.356 e. The fraction of sp³-hybridized carbons (Fsp3) is 0.720. The molecular weight excluding hydrogens is 394 g/mol. The predicted octanol–water partition coefficient (Wildman–Crippen LogP) is 3.67. The topological polar surface area (TPSA) is 44.4 Å². The first-order valence-corrected chi connectivity index (χ1v) is 11.9. The Bertz CT molecular complexity index is 729. The Morgan fingerprint density at radius 3 is 2.43 bits per heavy atom. The van der Waals surface area contributed by atoms with Crippen LogP contribution < -0.4 is 10.6 Å². The summed E-state index contributed by atoms with van der Waals surface area (Å²) in [7, 11) is 0. The monoisotopic (exact) mass is 431 g/mol. The van der Waals surface area contributed by atoms with Crippen molar-refractivity contribution in [1.29, 1.82) is 0 Å². The van der Waals surface area contributed by atoms with Gasteiger partial charge >= 0.3 is 0 Å². The van der Waals surface area contributed by atoms with Crippen molar-refractivity contribution in [3.63, 3.8) is 0 Å². The minimum absolute atomic E-state index is 0. The van der Waals surface area contributed by atoms with Crippen LogP contribution in [0.4, 0.5) is 0 Å². The molecule has 0 spiro atoms. The number of aryl methyl sites for hydroxylation is 1. The first-order chi connectivity index (χ1) is 14.1. The number of benzene rings is 1. The largest absolute Gasteiger partial charge is 0.356 e. The van der Waals surface area contributed by atoms with Gasteiger partial charge in [-0.1, -0.05) is 29.8 Å². The molecule has 30 heavy (non-hydrogen) atoms. The molecule has 1 heterocycles. The third-order valence-corrected chi connectivity index (χ3v) is 8.35. The zero-order chi connectivity index (χ0) is 19.9. The molecule has 5 heteroatoms. The summed E-state index contributed by atoms with van der Waals surface area (Å²) in [6, 6.07) is 9.22. The molecule has 4 aliphatic carbocycles. The van der Waals surface area contributed by atoms with E-state index in [2.05, 4.69) is 46.7 Å². The van der Waals surface area contributed by atoms with E-state index < -0.39 is 0 Å². The first-order valence-electron chi connectivity index (χ1n) is 11.9. The van der Waals surface area contributed by atoms with Crippen molar-refractivity contribution in [2.24, 2.45) is 17.3 Å². The lowest BCUT2D eigenvalue weighted by molar-refractivity contribution is -0.149. The van der Waals surface area contributed by atoms with Gasteiger partial charge in [0.15, 0.2) is 0 Å². The van der Waals surface area contributed by atoms with E-state index in [1.165, 1.54) is 30.4 Å². The number of hydrogen-bond donors (Lipinski definition) is 2. The van der Waals surface area contributed by atoms with Gasteiger partial charge in [0.1, 0.15) is 0 Å². The fourth-order valence-electron chi connectivity index (χ4n) is 7.40. The van der Waals surface area contributed by atoms with Crippen molar-refractivity contribution >= 4 is 18.3 Å². The molecule has 5 fully saturated rings. The maximum Gasteiger partial charge on any atom is 0.226 e. The lowest BCUT2D eigenvalue weighted by Gasteiger charge is -2.61. The molecule has 0 aromatic heterocycles. The van der Waals surface area contributed by atoms with Gasteiger partial charge in [-0.15, -0.1) is 12.4 Å². The van der Waals surface area contributed by atoms with Crippen molar-refractivity contribution in [3.8, 4) is 0 Å². The Morgan fingerprint density at radius 2 is 1.77 bits per heavy atom. The van der Waals surface area contributed by atoms with E-state index in [1.54, 1.807) is 0 Å². The van der Waals surface area contributed by atoms with Gasteiger partial charge in [0.25, 0.3) is 0 Å². The van der Waals surface area contributed by atoms with Gasteiger partial charge in [-0.2, -0.15) is 0 Å². The Labute approximate surface area is 188 Å². The van der Waals surface area contributed by atoms with Crippen LogP contribution in [0.2, 0.25) is 0 Å². The van der Waals surface area contributed by atoms with Crippen LogP contribution in [0.25, 0.3) is 0 Å². The second-order valence-electron chi connectivity index (χ2n) is 10.6. The van der Waals surface area contributed by atoms with Crippen LogP contribution >= 0.6 is 12.4 Å². The second-order valence-corrected chi connectivity index (χ2v) is 10.6. The molecule has 6 rings (SSSR count). The lowest BCUT2D eigenvalue weighted by Crippen LogP contribution is -2.59. The van der Waals surface area contributed by atoms with Crippen LogP contribution in [0.5, 0.6) is 0 Å². The van der Waals surface area contributed by atoms with Gasteiger partial charge in [-0.05, 0) is 81.2 Å². The van der Waals surface area contributed by atoms with Crippen molar-refractivity contribution < 1.29 is 4.79 Å². The fourth-order valence-corrected chi connectivity index (χ4v) is 7.40. The first kappa shape index (κ1) is 22.1. The van der Waals surface area contributed by atoms with E-state index in [4.69, 9.17) is 0 Å². The van der Waals surface area contributed by atoms with Crippen LogP contribution in [0.15, 0.2) is 24.3 Å². The molecule has 4 nitrogen and oxygen atoms in total. The van der Waals surface area contributed by atoms with E-state index >= 15 is 0 Å². The smallest absolute Gasteiger partial charge is 0.226 e. The van der Waals surface area contributed by atoms with Crippen molar-refractivity contribution in [2.45, 2.75) is 57.3 Å². The normalized spacial score (nSPS) is 35.1. The number of rotatable bonds is 6. The zero-order valence-corrected chi connectivity index (χ0v) is 19.2. The Morgan fingerprint density at radius 1 is 1.10 bits per heavy atom. The Kier molecular flexibility index (Phi) is 6.48. The number of nitrogens with one attached hydrogen (secondary N) is 2. The summed E-state index contributed by atoms with van der Waals surface area (Å²) < 4.78 is 0. The van der Waals surface area contributed by atoms with Gasteiger partial charge in [-0.25, -0.2) is 0 Å². The molecule has 4 bridgehead atoms. The molecule has 2 unspecified atom stereocenters. The number of halogens is 1. The minimum atomic E-state index is -0.107. The molecule has 1 aromatic carbocycles. The number of carbonyl (C=O) groups excluding carboxylic acids is 1. The van der Waals surface area contributed by atoms with Gasteiger partial charge in [0, 0.05) is 32.7 Å². The number of carbonyl (C=O) groups is 1.